The number of fused-ring (bicyclic) bond motifs is 1. The van der Waals surface area contributed by atoms with E-state index in [1.165, 1.54) is 5.56 Å². The van der Waals surface area contributed by atoms with Crippen LogP contribution in [0.25, 0.3) is 16.7 Å². The fourth-order valence-corrected chi connectivity index (χ4v) is 2.61. The molecule has 0 aliphatic heterocycles. The molecule has 1 heterocycles. The topological polar surface area (TPSA) is 64.1 Å². The van der Waals surface area contributed by atoms with E-state index in [4.69, 9.17) is 5.73 Å². The van der Waals surface area contributed by atoms with E-state index in [2.05, 4.69) is 37.0 Å². The highest BCUT2D eigenvalue weighted by molar-refractivity contribution is 5.82. The van der Waals surface area contributed by atoms with Crippen LogP contribution in [0.5, 0.6) is 0 Å². The number of rotatable bonds is 2. The number of benzene rings is 2. The van der Waals surface area contributed by atoms with Gasteiger partial charge in [0.25, 0.3) is 0 Å². The van der Waals surface area contributed by atoms with Crippen molar-refractivity contribution in [3.63, 3.8) is 0 Å². The zero-order valence-electron chi connectivity index (χ0n) is 12.5. The highest BCUT2D eigenvalue weighted by atomic mass is 16.3. The summed E-state index contributed by atoms with van der Waals surface area (Å²) in [5.74, 6) is 0.629. The normalized spacial score (nSPS) is 12.8. The molecule has 4 nitrogen and oxygen atoms in total. The van der Waals surface area contributed by atoms with Gasteiger partial charge in [-0.2, -0.15) is 0 Å². The van der Waals surface area contributed by atoms with Crippen molar-refractivity contribution in [3.05, 3.63) is 53.3 Å². The zero-order valence-corrected chi connectivity index (χ0v) is 12.5. The minimum atomic E-state index is -0.654. The predicted octanol–water partition coefficient (Wildman–Crippen LogP) is 3.28. The molecule has 0 spiro atoms. The molecular weight excluding hydrogens is 262 g/mol. The third kappa shape index (κ3) is 2.28. The maximum absolute atomic E-state index is 10.1. The van der Waals surface area contributed by atoms with Crippen LogP contribution in [-0.2, 0) is 0 Å². The summed E-state index contributed by atoms with van der Waals surface area (Å²) in [6.45, 7) is 5.85. The summed E-state index contributed by atoms with van der Waals surface area (Å²) >= 11 is 0. The lowest BCUT2D eigenvalue weighted by molar-refractivity contribution is 0.187. The van der Waals surface area contributed by atoms with E-state index in [1.807, 2.05) is 22.8 Å². The summed E-state index contributed by atoms with van der Waals surface area (Å²) < 4.78 is 2.02. The number of nitrogen functional groups attached to an aromatic ring is 1. The number of anilines is 1. The van der Waals surface area contributed by atoms with E-state index in [0.717, 1.165) is 22.3 Å². The van der Waals surface area contributed by atoms with Crippen LogP contribution in [0.4, 0.5) is 5.69 Å². The van der Waals surface area contributed by atoms with Gasteiger partial charge in [0.15, 0.2) is 0 Å². The van der Waals surface area contributed by atoms with Crippen LogP contribution in [0.1, 0.15) is 30.0 Å². The molecule has 21 heavy (non-hydrogen) atoms. The Hall–Kier alpha value is -2.33. The van der Waals surface area contributed by atoms with Gasteiger partial charge in [-0.3, -0.25) is 4.57 Å². The van der Waals surface area contributed by atoms with Crippen LogP contribution in [-0.4, -0.2) is 14.7 Å². The molecule has 1 aromatic heterocycles. The largest absolute Gasteiger partial charge is 0.399 e. The second kappa shape index (κ2) is 4.90. The molecule has 4 heteroatoms. The van der Waals surface area contributed by atoms with Gasteiger partial charge in [-0.05, 0) is 56.2 Å². The number of nitrogens with zero attached hydrogens (tertiary/aromatic N) is 2. The summed E-state index contributed by atoms with van der Waals surface area (Å²) in [5.41, 5.74) is 11.6. The van der Waals surface area contributed by atoms with E-state index >= 15 is 0 Å². The maximum atomic E-state index is 10.1. The Morgan fingerprint density at radius 2 is 1.90 bits per heavy atom. The van der Waals surface area contributed by atoms with Gasteiger partial charge >= 0.3 is 0 Å². The lowest BCUT2D eigenvalue weighted by atomic mass is 10.1. The molecule has 0 saturated carbocycles. The molecule has 0 aliphatic carbocycles. The number of aromatic nitrogens is 2. The number of nitrogens with two attached hydrogens (primary N) is 1. The first-order valence-corrected chi connectivity index (χ1v) is 7.01. The van der Waals surface area contributed by atoms with Crippen LogP contribution in [0.15, 0.2) is 36.4 Å². The van der Waals surface area contributed by atoms with E-state index in [-0.39, 0.29) is 0 Å². The number of aryl methyl sites for hydroxylation is 2. The minimum absolute atomic E-state index is 0.629. The maximum Gasteiger partial charge on any atom is 0.143 e. The Labute approximate surface area is 123 Å². The third-order valence-corrected chi connectivity index (χ3v) is 3.68. The van der Waals surface area contributed by atoms with Crippen molar-refractivity contribution in [3.8, 4) is 5.69 Å². The van der Waals surface area contributed by atoms with E-state index in [0.29, 0.717) is 11.5 Å². The minimum Gasteiger partial charge on any atom is -0.399 e. The molecule has 0 radical (unpaired) electrons. The average molecular weight is 281 g/mol. The molecule has 0 aliphatic rings. The van der Waals surface area contributed by atoms with Gasteiger partial charge in [-0.25, -0.2) is 4.98 Å². The van der Waals surface area contributed by atoms with E-state index in [9.17, 15) is 5.11 Å². The monoisotopic (exact) mass is 281 g/mol. The summed E-state index contributed by atoms with van der Waals surface area (Å²) in [6, 6.07) is 11.9. The van der Waals surface area contributed by atoms with E-state index < -0.39 is 6.10 Å². The predicted molar refractivity (Wildman–Crippen MR) is 85.6 cm³/mol. The molecular formula is C17H19N3O. The lowest BCUT2D eigenvalue weighted by Crippen LogP contribution is -2.06. The Kier molecular flexibility index (Phi) is 3.18. The molecule has 108 valence electrons. The summed E-state index contributed by atoms with van der Waals surface area (Å²) in [5, 5.41) is 10.1. The van der Waals surface area contributed by atoms with Gasteiger partial charge in [0, 0.05) is 5.69 Å². The van der Waals surface area contributed by atoms with Crippen molar-refractivity contribution in [2.45, 2.75) is 26.9 Å². The number of aliphatic hydroxyl groups excluding tert-OH is 1. The fraction of sp³-hybridized carbons (Fsp3) is 0.235. The number of aliphatic hydroxyl groups is 1. The van der Waals surface area contributed by atoms with Crippen LogP contribution < -0.4 is 5.73 Å². The quantitative estimate of drug-likeness (QED) is 0.708. The SMILES string of the molecule is Cc1ccc(C)c(-n2c(C(C)O)nc3cc(N)ccc32)c1. The summed E-state index contributed by atoms with van der Waals surface area (Å²) in [6.07, 6.45) is -0.654. The molecule has 0 amide bonds. The van der Waals surface area contributed by atoms with Crippen LogP contribution in [0.2, 0.25) is 0 Å². The van der Waals surface area contributed by atoms with Crippen LogP contribution >= 0.6 is 0 Å². The molecule has 0 fully saturated rings. The molecule has 0 bridgehead atoms. The molecule has 0 saturated heterocycles. The van der Waals surface area contributed by atoms with Gasteiger partial charge < -0.3 is 10.8 Å². The molecule has 3 aromatic rings. The highest BCUT2D eigenvalue weighted by Crippen LogP contribution is 2.28. The second-order valence-corrected chi connectivity index (χ2v) is 5.52. The van der Waals surface area contributed by atoms with Gasteiger partial charge in [0.05, 0.1) is 16.7 Å². The average Bonchev–Trinajstić information content (AvgIpc) is 2.80. The number of hydrogen-bond acceptors (Lipinski definition) is 3. The van der Waals surface area contributed by atoms with Crippen molar-refractivity contribution in [1.29, 1.82) is 0 Å². The van der Waals surface area contributed by atoms with Crippen molar-refractivity contribution in [1.82, 2.24) is 9.55 Å². The van der Waals surface area contributed by atoms with E-state index in [1.54, 1.807) is 6.92 Å². The molecule has 3 N–H and O–H groups in total. The Bertz CT molecular complexity index is 818. The van der Waals surface area contributed by atoms with Gasteiger partial charge in [0.2, 0.25) is 0 Å². The Balaban J connectivity index is 2.39. The van der Waals surface area contributed by atoms with Crippen molar-refractivity contribution >= 4 is 16.7 Å². The smallest absolute Gasteiger partial charge is 0.143 e. The van der Waals surface area contributed by atoms with Crippen molar-refractivity contribution < 1.29 is 5.11 Å². The Morgan fingerprint density at radius 3 is 2.62 bits per heavy atom. The van der Waals surface area contributed by atoms with Gasteiger partial charge in [-0.1, -0.05) is 12.1 Å². The summed E-state index contributed by atoms with van der Waals surface area (Å²) in [4.78, 5) is 4.55. The molecule has 2 aromatic carbocycles. The van der Waals surface area contributed by atoms with Crippen molar-refractivity contribution in [2.24, 2.45) is 0 Å². The summed E-state index contributed by atoms with van der Waals surface area (Å²) in [7, 11) is 0. The fourth-order valence-electron chi connectivity index (χ4n) is 2.61. The van der Waals surface area contributed by atoms with Crippen molar-refractivity contribution in [2.75, 3.05) is 5.73 Å². The first-order chi connectivity index (χ1) is 9.97. The molecule has 3 rings (SSSR count). The van der Waals surface area contributed by atoms with Crippen LogP contribution in [0.3, 0.4) is 0 Å². The Morgan fingerprint density at radius 1 is 1.14 bits per heavy atom. The third-order valence-electron chi connectivity index (χ3n) is 3.68. The van der Waals surface area contributed by atoms with Gasteiger partial charge in [0.1, 0.15) is 11.9 Å². The first kappa shape index (κ1) is 13.6. The molecule has 1 atom stereocenters. The standard InChI is InChI=1S/C17H19N3O/c1-10-4-5-11(2)16(8-10)20-15-7-6-13(18)9-14(15)19-17(20)12(3)21/h4-9,12,21H,18H2,1-3H3. The van der Waals surface area contributed by atoms with Crippen LogP contribution in [0, 0.1) is 13.8 Å². The highest BCUT2D eigenvalue weighted by Gasteiger charge is 2.17. The molecule has 1 unspecified atom stereocenters. The second-order valence-electron chi connectivity index (χ2n) is 5.52. The lowest BCUT2D eigenvalue weighted by Gasteiger charge is -2.14. The number of imidazole rings is 1. The zero-order chi connectivity index (χ0) is 15.1. The first-order valence-electron chi connectivity index (χ1n) is 7.01. The number of hydrogen-bond donors (Lipinski definition) is 2. The van der Waals surface area contributed by atoms with Gasteiger partial charge in [-0.15, -0.1) is 0 Å².